The van der Waals surface area contributed by atoms with Gasteiger partial charge in [0, 0.05) is 13.0 Å². The number of esters is 1. The number of hydrogen-bond acceptors (Lipinski definition) is 7. The van der Waals surface area contributed by atoms with E-state index >= 15 is 0 Å². The molecule has 0 aliphatic heterocycles. The lowest BCUT2D eigenvalue weighted by molar-refractivity contribution is -0.113. The highest BCUT2D eigenvalue weighted by molar-refractivity contribution is 7.99. The van der Waals surface area contributed by atoms with Crippen LogP contribution >= 0.6 is 23.4 Å². The Bertz CT molecular complexity index is 1150. The van der Waals surface area contributed by atoms with Crippen molar-refractivity contribution in [3.8, 4) is 5.75 Å². The van der Waals surface area contributed by atoms with E-state index in [1.807, 2.05) is 23.6 Å². The van der Waals surface area contributed by atoms with Crippen molar-refractivity contribution < 1.29 is 19.1 Å². The number of hydrogen-bond donors (Lipinski definition) is 1. The Morgan fingerprint density at radius 1 is 1.09 bits per heavy atom. The number of nitrogens with one attached hydrogen (secondary N) is 1. The minimum atomic E-state index is -0.468. The first-order valence-electron chi connectivity index (χ1n) is 11.4. The summed E-state index contributed by atoms with van der Waals surface area (Å²) in [6.45, 7) is 4.74. The standard InChI is InChI=1S/C25H29ClN4O4S/c1-4-30-22(8-6-7-17-9-12-19(33-3)13-10-17)28-29-25(30)35-16-23(31)27-21-15-18(11-14-20(21)26)24(32)34-5-2/h9-15H,4-8,16H2,1-3H3,(H,27,31). The first kappa shape index (κ1) is 26.6. The molecule has 1 N–H and O–H groups in total. The second-order valence-corrected chi connectivity index (χ2v) is 8.95. The average molecular weight is 517 g/mol. The van der Waals surface area contributed by atoms with Crippen LogP contribution in [0.5, 0.6) is 5.75 Å². The van der Waals surface area contributed by atoms with Crippen LogP contribution in [0.1, 0.15) is 42.0 Å². The van der Waals surface area contributed by atoms with Crippen LogP contribution in [0.25, 0.3) is 0 Å². The van der Waals surface area contributed by atoms with Crippen LogP contribution in [-0.2, 0) is 28.9 Å². The molecule has 1 heterocycles. The first-order chi connectivity index (χ1) is 16.9. The van der Waals surface area contributed by atoms with Crippen LogP contribution in [0.15, 0.2) is 47.6 Å². The van der Waals surface area contributed by atoms with E-state index in [1.165, 1.54) is 23.4 Å². The van der Waals surface area contributed by atoms with Crippen LogP contribution in [0.4, 0.5) is 5.69 Å². The Hall–Kier alpha value is -3.04. The zero-order valence-electron chi connectivity index (χ0n) is 20.0. The fourth-order valence-corrected chi connectivity index (χ4v) is 4.44. The number of anilines is 1. The molecule has 0 unspecified atom stereocenters. The Balaban J connectivity index is 1.54. The van der Waals surface area contributed by atoms with Gasteiger partial charge in [0.15, 0.2) is 5.16 Å². The number of methoxy groups -OCH3 is 1. The Morgan fingerprint density at radius 3 is 2.54 bits per heavy atom. The molecule has 1 amide bonds. The monoisotopic (exact) mass is 516 g/mol. The molecule has 35 heavy (non-hydrogen) atoms. The Kier molecular flexibility index (Phi) is 9.98. The van der Waals surface area contributed by atoms with Gasteiger partial charge in [-0.2, -0.15) is 0 Å². The van der Waals surface area contributed by atoms with Crippen molar-refractivity contribution in [3.05, 3.63) is 64.4 Å². The van der Waals surface area contributed by atoms with Crippen molar-refractivity contribution >= 4 is 40.9 Å². The fraction of sp³-hybridized carbons (Fsp3) is 0.360. The summed E-state index contributed by atoms with van der Waals surface area (Å²) in [5, 5.41) is 12.4. The van der Waals surface area contributed by atoms with E-state index in [2.05, 4.69) is 27.6 Å². The van der Waals surface area contributed by atoms with Gasteiger partial charge in [-0.25, -0.2) is 4.79 Å². The molecule has 3 aromatic rings. The third kappa shape index (κ3) is 7.47. The first-order valence-corrected chi connectivity index (χ1v) is 12.8. The molecule has 0 aliphatic rings. The van der Waals surface area contributed by atoms with Crippen molar-refractivity contribution in [1.29, 1.82) is 0 Å². The molecule has 8 nitrogen and oxygen atoms in total. The maximum atomic E-state index is 12.6. The molecule has 0 saturated heterocycles. The van der Waals surface area contributed by atoms with E-state index in [0.29, 0.717) is 28.0 Å². The van der Waals surface area contributed by atoms with Gasteiger partial charge >= 0.3 is 5.97 Å². The molecule has 10 heteroatoms. The number of benzene rings is 2. The topological polar surface area (TPSA) is 95.3 Å². The molecule has 0 fully saturated rings. The minimum Gasteiger partial charge on any atom is -0.497 e. The van der Waals surface area contributed by atoms with Crippen LogP contribution in [0.3, 0.4) is 0 Å². The number of thioether (sulfide) groups is 1. The normalized spacial score (nSPS) is 10.7. The maximum absolute atomic E-state index is 12.6. The van der Waals surface area contributed by atoms with E-state index in [-0.39, 0.29) is 18.3 Å². The number of aryl methyl sites for hydroxylation is 2. The predicted molar refractivity (Wildman–Crippen MR) is 137 cm³/mol. The summed E-state index contributed by atoms with van der Waals surface area (Å²) >= 11 is 7.50. The number of nitrogens with zero attached hydrogens (tertiary/aromatic N) is 3. The summed E-state index contributed by atoms with van der Waals surface area (Å²) in [7, 11) is 1.66. The summed E-state index contributed by atoms with van der Waals surface area (Å²) in [6, 6.07) is 12.7. The van der Waals surface area contributed by atoms with Crippen LogP contribution in [0.2, 0.25) is 5.02 Å². The van der Waals surface area contributed by atoms with Gasteiger partial charge in [-0.3, -0.25) is 4.79 Å². The smallest absolute Gasteiger partial charge is 0.338 e. The zero-order chi connectivity index (χ0) is 25.2. The van der Waals surface area contributed by atoms with E-state index < -0.39 is 5.97 Å². The molecule has 186 valence electrons. The van der Waals surface area contributed by atoms with Gasteiger partial charge < -0.3 is 19.4 Å². The lowest BCUT2D eigenvalue weighted by Gasteiger charge is -2.10. The molecule has 0 radical (unpaired) electrons. The van der Waals surface area contributed by atoms with Gasteiger partial charge in [0.05, 0.1) is 35.7 Å². The quantitative estimate of drug-likeness (QED) is 0.266. The lowest BCUT2D eigenvalue weighted by Crippen LogP contribution is -2.16. The van der Waals surface area contributed by atoms with Gasteiger partial charge in [-0.15, -0.1) is 10.2 Å². The van der Waals surface area contributed by atoms with Crippen LogP contribution < -0.4 is 10.1 Å². The summed E-state index contributed by atoms with van der Waals surface area (Å²) in [4.78, 5) is 24.5. The fourth-order valence-electron chi connectivity index (χ4n) is 3.45. The van der Waals surface area contributed by atoms with Crippen molar-refractivity contribution in [2.75, 3.05) is 24.8 Å². The van der Waals surface area contributed by atoms with E-state index in [0.717, 1.165) is 30.8 Å². The average Bonchev–Trinajstić information content (AvgIpc) is 3.26. The number of aromatic nitrogens is 3. The van der Waals surface area contributed by atoms with Gasteiger partial charge in [-0.1, -0.05) is 35.5 Å². The second-order valence-electron chi connectivity index (χ2n) is 7.60. The highest BCUT2D eigenvalue weighted by Gasteiger charge is 2.15. The molecule has 1 aromatic heterocycles. The Morgan fingerprint density at radius 2 is 1.86 bits per heavy atom. The minimum absolute atomic E-state index is 0.129. The molecule has 0 spiro atoms. The third-order valence-corrected chi connectivity index (χ3v) is 6.51. The van der Waals surface area contributed by atoms with Crippen molar-refractivity contribution in [2.45, 2.75) is 44.8 Å². The van der Waals surface area contributed by atoms with Crippen LogP contribution in [-0.4, -0.2) is 46.1 Å². The summed E-state index contributed by atoms with van der Waals surface area (Å²) in [5.41, 5.74) is 1.92. The van der Waals surface area contributed by atoms with Crippen LogP contribution in [0, 0.1) is 0 Å². The van der Waals surface area contributed by atoms with Gasteiger partial charge in [0.25, 0.3) is 0 Å². The van der Waals surface area contributed by atoms with Crippen molar-refractivity contribution in [1.82, 2.24) is 14.8 Å². The molecule has 0 bridgehead atoms. The summed E-state index contributed by atoms with van der Waals surface area (Å²) < 4.78 is 12.2. The predicted octanol–water partition coefficient (Wildman–Crippen LogP) is 5.04. The zero-order valence-corrected chi connectivity index (χ0v) is 21.6. The number of ether oxygens (including phenoxy) is 2. The number of amides is 1. The largest absolute Gasteiger partial charge is 0.497 e. The van der Waals surface area contributed by atoms with Gasteiger partial charge in [0.1, 0.15) is 11.6 Å². The number of rotatable bonds is 12. The summed E-state index contributed by atoms with van der Waals surface area (Å²) in [6.07, 6.45) is 2.65. The second kappa shape index (κ2) is 13.2. The molecule has 0 aliphatic carbocycles. The number of carbonyl (C=O) groups is 2. The molecular formula is C25H29ClN4O4S. The number of carbonyl (C=O) groups excluding carboxylic acids is 2. The van der Waals surface area contributed by atoms with Crippen molar-refractivity contribution in [3.63, 3.8) is 0 Å². The molecule has 0 atom stereocenters. The van der Waals surface area contributed by atoms with E-state index in [1.54, 1.807) is 26.2 Å². The molecule has 0 saturated carbocycles. The third-order valence-electron chi connectivity index (χ3n) is 5.22. The highest BCUT2D eigenvalue weighted by Crippen LogP contribution is 2.25. The van der Waals surface area contributed by atoms with Gasteiger partial charge in [-0.05, 0) is 62.6 Å². The van der Waals surface area contributed by atoms with Gasteiger partial charge in [0.2, 0.25) is 5.91 Å². The number of halogens is 1. The molecule has 2 aromatic carbocycles. The van der Waals surface area contributed by atoms with Crippen molar-refractivity contribution in [2.24, 2.45) is 0 Å². The van der Waals surface area contributed by atoms with E-state index in [9.17, 15) is 9.59 Å². The van der Waals surface area contributed by atoms with E-state index in [4.69, 9.17) is 21.1 Å². The maximum Gasteiger partial charge on any atom is 0.338 e. The lowest BCUT2D eigenvalue weighted by atomic mass is 10.1. The molecular weight excluding hydrogens is 488 g/mol. The SMILES string of the molecule is CCOC(=O)c1ccc(Cl)c(NC(=O)CSc2nnc(CCCc3ccc(OC)cc3)n2CC)c1. The summed E-state index contributed by atoms with van der Waals surface area (Å²) in [5.74, 6) is 1.15. The molecule has 3 rings (SSSR count). The highest BCUT2D eigenvalue weighted by atomic mass is 35.5. The Labute approximate surface area is 214 Å².